The van der Waals surface area contributed by atoms with E-state index < -0.39 is 0 Å². The van der Waals surface area contributed by atoms with Crippen LogP contribution in [0.25, 0.3) is 0 Å². The van der Waals surface area contributed by atoms with Gasteiger partial charge in [0.1, 0.15) is 5.82 Å². The van der Waals surface area contributed by atoms with Crippen LogP contribution in [-0.2, 0) is 11.3 Å². The van der Waals surface area contributed by atoms with Crippen molar-refractivity contribution < 1.29 is 18.4 Å². The predicted molar refractivity (Wildman–Crippen MR) is 101 cm³/mol. The fourth-order valence-corrected chi connectivity index (χ4v) is 3.93. The average Bonchev–Trinajstić information content (AvgIpc) is 3.22. The molecule has 0 bridgehead atoms. The molecule has 0 unspecified atom stereocenters. The molecule has 1 aromatic heterocycles. The van der Waals surface area contributed by atoms with E-state index in [0.717, 1.165) is 63.2 Å². The number of nitrogens with zero attached hydrogens (tertiary/aromatic N) is 2. The van der Waals surface area contributed by atoms with Gasteiger partial charge in [0.25, 0.3) is 5.91 Å². The summed E-state index contributed by atoms with van der Waals surface area (Å²) in [6, 6.07) is 8.50. The van der Waals surface area contributed by atoms with Gasteiger partial charge in [-0.2, -0.15) is 0 Å². The van der Waals surface area contributed by atoms with Crippen molar-refractivity contribution in [1.82, 2.24) is 15.4 Å². The predicted octanol–water partition coefficient (Wildman–Crippen LogP) is 3.10. The summed E-state index contributed by atoms with van der Waals surface area (Å²) < 4.78 is 23.7. The standard InChI is InChI=1S/C21H26FN3O3/c22-17-5-3-15(4-6-17)13-25-9-7-16(8-10-25)19-12-20(28-24-19)21(26)23-18-2-1-11-27-14-18/h3-6,12,16,18H,1-2,7-11,13-14H2,(H,23,26)/t18-/m0/s1. The van der Waals surface area contributed by atoms with Crippen LogP contribution in [0.5, 0.6) is 0 Å². The van der Waals surface area contributed by atoms with Gasteiger partial charge in [0.15, 0.2) is 0 Å². The van der Waals surface area contributed by atoms with Crippen molar-refractivity contribution in [2.45, 2.75) is 44.2 Å². The van der Waals surface area contributed by atoms with Crippen LogP contribution in [0.4, 0.5) is 4.39 Å². The average molecular weight is 387 g/mol. The van der Waals surface area contributed by atoms with Crippen molar-refractivity contribution in [1.29, 1.82) is 0 Å². The molecule has 0 spiro atoms. The Hall–Kier alpha value is -2.25. The molecule has 2 aliphatic rings. The van der Waals surface area contributed by atoms with Crippen LogP contribution >= 0.6 is 0 Å². The summed E-state index contributed by atoms with van der Waals surface area (Å²) >= 11 is 0. The molecule has 2 fully saturated rings. The first-order valence-electron chi connectivity index (χ1n) is 9.99. The zero-order chi connectivity index (χ0) is 19.3. The molecule has 1 aromatic carbocycles. The van der Waals surface area contributed by atoms with E-state index in [-0.39, 0.29) is 23.5 Å². The summed E-state index contributed by atoms with van der Waals surface area (Å²) in [4.78, 5) is 14.7. The van der Waals surface area contributed by atoms with Crippen LogP contribution in [0.3, 0.4) is 0 Å². The molecule has 1 N–H and O–H groups in total. The molecule has 0 radical (unpaired) electrons. The van der Waals surface area contributed by atoms with Crippen molar-refractivity contribution in [2.75, 3.05) is 26.3 Å². The number of benzene rings is 1. The van der Waals surface area contributed by atoms with Crippen molar-refractivity contribution in [3.8, 4) is 0 Å². The van der Waals surface area contributed by atoms with Crippen LogP contribution in [0.1, 0.15) is 53.4 Å². The number of rotatable bonds is 5. The van der Waals surface area contributed by atoms with Gasteiger partial charge in [0.05, 0.1) is 18.3 Å². The minimum Gasteiger partial charge on any atom is -0.379 e. The van der Waals surface area contributed by atoms with Crippen molar-refractivity contribution in [3.05, 3.63) is 53.2 Å². The second-order valence-corrected chi connectivity index (χ2v) is 7.68. The lowest BCUT2D eigenvalue weighted by Gasteiger charge is -2.31. The summed E-state index contributed by atoms with van der Waals surface area (Å²) in [7, 11) is 0. The molecule has 0 saturated carbocycles. The molecule has 2 saturated heterocycles. The molecule has 7 heteroatoms. The zero-order valence-corrected chi connectivity index (χ0v) is 15.9. The number of amides is 1. The van der Waals surface area contributed by atoms with Gasteiger partial charge >= 0.3 is 0 Å². The van der Waals surface area contributed by atoms with Gasteiger partial charge in [-0.15, -0.1) is 0 Å². The fourth-order valence-electron chi connectivity index (χ4n) is 3.93. The number of hydrogen-bond donors (Lipinski definition) is 1. The number of likely N-dealkylation sites (tertiary alicyclic amines) is 1. The van der Waals surface area contributed by atoms with Crippen molar-refractivity contribution in [2.24, 2.45) is 0 Å². The highest BCUT2D eigenvalue weighted by Crippen LogP contribution is 2.28. The number of carbonyl (C=O) groups is 1. The third kappa shape index (κ3) is 4.77. The molecular formula is C21H26FN3O3. The Morgan fingerprint density at radius 3 is 2.71 bits per heavy atom. The first-order valence-corrected chi connectivity index (χ1v) is 9.99. The summed E-state index contributed by atoms with van der Waals surface area (Å²) in [5.74, 6) is 0.148. The molecule has 6 nitrogen and oxygen atoms in total. The minimum absolute atomic E-state index is 0.0458. The van der Waals surface area contributed by atoms with E-state index in [4.69, 9.17) is 9.26 Å². The second kappa shape index (κ2) is 8.84. The number of aromatic nitrogens is 1. The van der Waals surface area contributed by atoms with Crippen molar-refractivity contribution in [3.63, 3.8) is 0 Å². The minimum atomic E-state index is -0.219. The van der Waals surface area contributed by atoms with Crippen LogP contribution in [0, 0.1) is 5.82 Å². The highest BCUT2D eigenvalue weighted by Gasteiger charge is 2.26. The summed E-state index contributed by atoms with van der Waals surface area (Å²) in [5, 5.41) is 7.10. The molecule has 1 amide bonds. The van der Waals surface area contributed by atoms with Crippen molar-refractivity contribution >= 4 is 5.91 Å². The third-order valence-electron chi connectivity index (χ3n) is 5.57. The molecule has 3 heterocycles. The quantitative estimate of drug-likeness (QED) is 0.854. The normalized spacial score (nSPS) is 21.5. The van der Waals surface area contributed by atoms with E-state index >= 15 is 0 Å². The summed E-state index contributed by atoms with van der Waals surface area (Å²) in [6.07, 6.45) is 3.82. The number of piperidine rings is 1. The molecule has 28 heavy (non-hydrogen) atoms. The number of halogens is 1. The lowest BCUT2D eigenvalue weighted by atomic mass is 9.93. The molecule has 1 atom stereocenters. The van der Waals surface area contributed by atoms with Gasteiger partial charge in [-0.25, -0.2) is 4.39 Å². The SMILES string of the molecule is O=C(N[C@H]1CCCOC1)c1cc(C2CCN(Cc3ccc(F)cc3)CC2)no1. The van der Waals surface area contributed by atoms with Gasteiger partial charge in [0, 0.05) is 25.1 Å². The van der Waals surface area contributed by atoms with Gasteiger partial charge in [-0.1, -0.05) is 17.3 Å². The molecule has 0 aliphatic carbocycles. The van der Waals surface area contributed by atoms with Gasteiger partial charge < -0.3 is 14.6 Å². The molecule has 2 aliphatic heterocycles. The maximum Gasteiger partial charge on any atom is 0.290 e. The maximum atomic E-state index is 13.0. The molecule has 4 rings (SSSR count). The van der Waals surface area contributed by atoms with E-state index in [0.29, 0.717) is 12.5 Å². The zero-order valence-electron chi connectivity index (χ0n) is 15.9. The second-order valence-electron chi connectivity index (χ2n) is 7.68. The molecule has 2 aromatic rings. The van der Waals surface area contributed by atoms with E-state index in [1.807, 2.05) is 12.1 Å². The van der Waals surface area contributed by atoms with E-state index in [2.05, 4.69) is 15.4 Å². The summed E-state index contributed by atoms with van der Waals surface area (Å²) in [6.45, 7) is 4.02. The van der Waals surface area contributed by atoms with E-state index in [9.17, 15) is 9.18 Å². The van der Waals surface area contributed by atoms with Gasteiger partial charge in [0.2, 0.25) is 5.76 Å². The Bertz CT molecular complexity index is 778. The molecule has 150 valence electrons. The van der Waals surface area contributed by atoms with E-state index in [1.54, 1.807) is 6.07 Å². The Labute approximate surface area is 164 Å². The monoisotopic (exact) mass is 387 g/mol. The lowest BCUT2D eigenvalue weighted by molar-refractivity contribution is 0.0608. The Kier molecular flexibility index (Phi) is 6.02. The van der Waals surface area contributed by atoms with Crippen LogP contribution in [0.2, 0.25) is 0 Å². The highest BCUT2D eigenvalue weighted by atomic mass is 19.1. The molecular weight excluding hydrogens is 361 g/mol. The smallest absolute Gasteiger partial charge is 0.290 e. The van der Waals surface area contributed by atoms with Crippen LogP contribution < -0.4 is 5.32 Å². The van der Waals surface area contributed by atoms with Gasteiger partial charge in [-0.05, 0) is 56.5 Å². The highest BCUT2D eigenvalue weighted by molar-refractivity contribution is 5.91. The number of carbonyl (C=O) groups excluding carboxylic acids is 1. The summed E-state index contributed by atoms with van der Waals surface area (Å²) in [5.41, 5.74) is 1.97. The Morgan fingerprint density at radius 2 is 2.00 bits per heavy atom. The maximum absolute atomic E-state index is 13.0. The fraction of sp³-hybridized carbons (Fsp3) is 0.524. The largest absolute Gasteiger partial charge is 0.379 e. The Morgan fingerprint density at radius 1 is 1.21 bits per heavy atom. The van der Waals surface area contributed by atoms with Gasteiger partial charge in [-0.3, -0.25) is 9.69 Å². The number of hydrogen-bond acceptors (Lipinski definition) is 5. The number of ether oxygens (including phenoxy) is 1. The lowest BCUT2D eigenvalue weighted by Crippen LogP contribution is -2.40. The third-order valence-corrected chi connectivity index (χ3v) is 5.57. The first kappa shape index (κ1) is 19.1. The van der Waals surface area contributed by atoms with E-state index in [1.165, 1.54) is 12.1 Å². The number of nitrogens with one attached hydrogen (secondary N) is 1. The topological polar surface area (TPSA) is 67.6 Å². The Balaban J connectivity index is 1.27. The first-order chi connectivity index (χ1) is 13.7. The van der Waals surface area contributed by atoms with Crippen LogP contribution in [0.15, 0.2) is 34.9 Å². The van der Waals surface area contributed by atoms with Crippen LogP contribution in [-0.4, -0.2) is 48.3 Å².